The van der Waals surface area contributed by atoms with Crippen molar-refractivity contribution in [2.75, 3.05) is 6.61 Å². The molecule has 23 heavy (non-hydrogen) atoms. The topological polar surface area (TPSA) is 103 Å². The number of carbonyl (C=O) groups excluding carboxylic acids is 2. The quantitative estimate of drug-likeness (QED) is 0.857. The zero-order valence-corrected chi connectivity index (χ0v) is 12.7. The van der Waals surface area contributed by atoms with Gasteiger partial charge in [-0.05, 0) is 31.0 Å². The average Bonchev–Trinajstić information content (AvgIpc) is 2.60. The van der Waals surface area contributed by atoms with Crippen LogP contribution in [0.3, 0.4) is 0 Å². The lowest BCUT2D eigenvalue weighted by atomic mass is 9.83. The summed E-state index contributed by atoms with van der Waals surface area (Å²) in [6, 6.07) is 10.2. The molecule has 0 spiro atoms. The Balaban J connectivity index is 1.90. The van der Waals surface area contributed by atoms with Gasteiger partial charge < -0.3 is 10.1 Å². The van der Waals surface area contributed by atoms with Crippen molar-refractivity contribution in [3.05, 3.63) is 35.4 Å². The summed E-state index contributed by atoms with van der Waals surface area (Å²) in [6.45, 7) is -0.445. The van der Waals surface area contributed by atoms with Crippen LogP contribution in [0.15, 0.2) is 24.3 Å². The molecule has 6 nitrogen and oxygen atoms in total. The smallest absolute Gasteiger partial charge is 0.338 e. The second kappa shape index (κ2) is 7.42. The lowest BCUT2D eigenvalue weighted by Crippen LogP contribution is -2.50. The van der Waals surface area contributed by atoms with E-state index < -0.39 is 24.0 Å². The van der Waals surface area contributed by atoms with Crippen molar-refractivity contribution in [3.8, 4) is 12.1 Å². The number of rotatable bonds is 4. The molecule has 118 valence electrons. The Morgan fingerprint density at radius 2 is 1.96 bits per heavy atom. The van der Waals surface area contributed by atoms with Crippen molar-refractivity contribution in [3.63, 3.8) is 0 Å². The molecule has 0 aromatic heterocycles. The van der Waals surface area contributed by atoms with Crippen molar-refractivity contribution >= 4 is 11.9 Å². The fraction of sp³-hybridized carbons (Fsp3) is 0.412. The Bertz CT molecular complexity index is 679. The lowest BCUT2D eigenvalue weighted by molar-refractivity contribution is -0.125. The maximum atomic E-state index is 11.9. The monoisotopic (exact) mass is 311 g/mol. The third kappa shape index (κ3) is 4.31. The number of carbonyl (C=O) groups is 2. The van der Waals surface area contributed by atoms with Crippen LogP contribution >= 0.6 is 0 Å². The molecule has 1 amide bonds. The Hall–Kier alpha value is -2.86. The van der Waals surface area contributed by atoms with Gasteiger partial charge in [-0.25, -0.2) is 4.79 Å². The molecule has 0 heterocycles. The van der Waals surface area contributed by atoms with E-state index in [2.05, 4.69) is 11.4 Å². The number of nitrogens with one attached hydrogen (secondary N) is 1. The number of esters is 1. The second-order valence-corrected chi connectivity index (χ2v) is 5.57. The van der Waals surface area contributed by atoms with Gasteiger partial charge in [0.1, 0.15) is 5.54 Å². The summed E-state index contributed by atoms with van der Waals surface area (Å²) >= 11 is 0. The standard InChI is InChI=1S/C17H17N3O3/c18-10-13-5-4-6-14(9-13)16(22)23-11-15(21)20-17(12-19)7-2-1-3-8-17/h4-6,9H,1-3,7-8,11H2,(H,20,21). The molecule has 1 N–H and O–H groups in total. The minimum absolute atomic E-state index is 0.213. The highest BCUT2D eigenvalue weighted by Crippen LogP contribution is 2.27. The molecule has 1 aromatic rings. The number of benzene rings is 1. The highest BCUT2D eigenvalue weighted by atomic mass is 16.5. The van der Waals surface area contributed by atoms with Crippen LogP contribution in [0.1, 0.15) is 48.0 Å². The Morgan fingerprint density at radius 3 is 2.61 bits per heavy atom. The first-order chi connectivity index (χ1) is 11.1. The van der Waals surface area contributed by atoms with Crippen LogP contribution in [0.25, 0.3) is 0 Å². The molecule has 1 aliphatic carbocycles. The zero-order valence-electron chi connectivity index (χ0n) is 12.7. The van der Waals surface area contributed by atoms with Crippen molar-refractivity contribution in [2.24, 2.45) is 0 Å². The van der Waals surface area contributed by atoms with Gasteiger partial charge in [0.2, 0.25) is 0 Å². The van der Waals surface area contributed by atoms with Gasteiger partial charge in [0.15, 0.2) is 6.61 Å². The van der Waals surface area contributed by atoms with E-state index in [4.69, 9.17) is 10.00 Å². The number of hydrogen-bond acceptors (Lipinski definition) is 5. The predicted molar refractivity (Wildman–Crippen MR) is 81.0 cm³/mol. The fourth-order valence-corrected chi connectivity index (χ4v) is 2.65. The summed E-state index contributed by atoms with van der Waals surface area (Å²) in [5.74, 6) is -1.16. The van der Waals surface area contributed by atoms with Crippen LogP contribution in [-0.4, -0.2) is 24.0 Å². The van der Waals surface area contributed by atoms with Gasteiger partial charge in [-0.3, -0.25) is 4.79 Å². The number of ether oxygens (including phenoxy) is 1. The highest BCUT2D eigenvalue weighted by molar-refractivity contribution is 5.91. The van der Waals surface area contributed by atoms with E-state index in [9.17, 15) is 14.9 Å². The van der Waals surface area contributed by atoms with Crippen LogP contribution in [-0.2, 0) is 9.53 Å². The predicted octanol–water partition coefficient (Wildman–Crippen LogP) is 2.06. The minimum Gasteiger partial charge on any atom is -0.452 e. The van der Waals surface area contributed by atoms with Crippen LogP contribution in [0.5, 0.6) is 0 Å². The van der Waals surface area contributed by atoms with E-state index in [0.717, 1.165) is 19.3 Å². The summed E-state index contributed by atoms with van der Waals surface area (Å²) < 4.78 is 4.95. The Labute approximate surface area is 134 Å². The number of hydrogen-bond donors (Lipinski definition) is 1. The van der Waals surface area contributed by atoms with Gasteiger partial charge >= 0.3 is 5.97 Å². The lowest BCUT2D eigenvalue weighted by Gasteiger charge is -2.31. The molecule has 0 aliphatic heterocycles. The first-order valence-electron chi connectivity index (χ1n) is 7.48. The molecular weight excluding hydrogens is 294 g/mol. The highest BCUT2D eigenvalue weighted by Gasteiger charge is 2.33. The molecule has 0 saturated heterocycles. The molecule has 0 radical (unpaired) electrons. The van der Waals surface area contributed by atoms with E-state index >= 15 is 0 Å². The third-order valence-corrected chi connectivity index (χ3v) is 3.86. The second-order valence-electron chi connectivity index (χ2n) is 5.57. The van der Waals surface area contributed by atoms with Gasteiger partial charge in [0, 0.05) is 0 Å². The molecule has 2 rings (SSSR count). The van der Waals surface area contributed by atoms with E-state index in [1.807, 2.05) is 6.07 Å². The van der Waals surface area contributed by atoms with Gasteiger partial charge in [0.25, 0.3) is 5.91 Å². The molecule has 1 aliphatic rings. The average molecular weight is 311 g/mol. The first-order valence-corrected chi connectivity index (χ1v) is 7.48. The molecule has 1 saturated carbocycles. The molecule has 1 fully saturated rings. The SMILES string of the molecule is N#Cc1cccc(C(=O)OCC(=O)NC2(C#N)CCCCC2)c1. The zero-order chi connectivity index (χ0) is 16.7. The molecule has 0 atom stereocenters. The normalized spacial score (nSPS) is 15.7. The van der Waals surface area contributed by atoms with E-state index in [0.29, 0.717) is 18.4 Å². The Morgan fingerprint density at radius 1 is 1.22 bits per heavy atom. The van der Waals surface area contributed by atoms with Crippen molar-refractivity contribution < 1.29 is 14.3 Å². The number of nitrogens with zero attached hydrogens (tertiary/aromatic N) is 2. The molecule has 1 aromatic carbocycles. The van der Waals surface area contributed by atoms with Crippen molar-refractivity contribution in [1.29, 1.82) is 10.5 Å². The number of amides is 1. The van der Waals surface area contributed by atoms with Gasteiger partial charge in [0.05, 0.1) is 23.3 Å². The summed E-state index contributed by atoms with van der Waals surface area (Å²) in [7, 11) is 0. The maximum absolute atomic E-state index is 11.9. The van der Waals surface area contributed by atoms with Gasteiger partial charge in [-0.2, -0.15) is 10.5 Å². The number of nitriles is 2. The van der Waals surface area contributed by atoms with Gasteiger partial charge in [-0.15, -0.1) is 0 Å². The van der Waals surface area contributed by atoms with Crippen LogP contribution in [0.2, 0.25) is 0 Å². The van der Waals surface area contributed by atoms with Crippen molar-refractivity contribution in [2.45, 2.75) is 37.6 Å². The summed E-state index contributed by atoms with van der Waals surface area (Å²) in [4.78, 5) is 23.8. The molecular formula is C17H17N3O3. The van der Waals surface area contributed by atoms with Crippen LogP contribution in [0, 0.1) is 22.7 Å². The minimum atomic E-state index is -0.845. The summed E-state index contributed by atoms with van der Waals surface area (Å²) in [6.07, 6.45) is 4.09. The van der Waals surface area contributed by atoms with E-state index in [1.165, 1.54) is 12.1 Å². The fourth-order valence-electron chi connectivity index (χ4n) is 2.65. The summed E-state index contributed by atoms with van der Waals surface area (Å²) in [5, 5.41) is 20.8. The largest absolute Gasteiger partial charge is 0.452 e. The molecule has 6 heteroatoms. The maximum Gasteiger partial charge on any atom is 0.338 e. The summed E-state index contributed by atoms with van der Waals surface area (Å²) in [5.41, 5.74) is -0.290. The third-order valence-electron chi connectivity index (χ3n) is 3.86. The van der Waals surface area contributed by atoms with Crippen molar-refractivity contribution in [1.82, 2.24) is 5.32 Å². The van der Waals surface area contributed by atoms with E-state index in [-0.39, 0.29) is 5.56 Å². The Kier molecular flexibility index (Phi) is 5.32. The van der Waals surface area contributed by atoms with Crippen LogP contribution < -0.4 is 5.32 Å². The van der Waals surface area contributed by atoms with Gasteiger partial charge in [-0.1, -0.05) is 25.3 Å². The molecule has 0 unspecified atom stereocenters. The first kappa shape index (κ1) is 16.5. The van der Waals surface area contributed by atoms with Crippen LogP contribution in [0.4, 0.5) is 0 Å². The molecule has 0 bridgehead atoms. The van der Waals surface area contributed by atoms with E-state index in [1.54, 1.807) is 12.1 Å².